The predicted octanol–water partition coefficient (Wildman–Crippen LogP) is 2.82. The molecule has 0 aromatic heterocycles. The van der Waals surface area contributed by atoms with E-state index >= 15 is 0 Å². The highest BCUT2D eigenvalue weighted by Crippen LogP contribution is 2.51. The number of hydrogen-bond acceptors (Lipinski definition) is 2. The Hall–Kier alpha value is -0.330. The van der Waals surface area contributed by atoms with Crippen LogP contribution in [0.4, 0.5) is 0 Å². The van der Waals surface area contributed by atoms with E-state index < -0.39 is 7.37 Å². The van der Waals surface area contributed by atoms with Gasteiger partial charge in [0.05, 0.1) is 6.61 Å². The molecule has 0 aliphatic carbocycles. The van der Waals surface area contributed by atoms with Gasteiger partial charge in [0.1, 0.15) is 0 Å². The molecule has 0 saturated heterocycles. The van der Waals surface area contributed by atoms with Crippen molar-refractivity contribution in [3.05, 3.63) is 23.8 Å². The van der Waals surface area contributed by atoms with Gasteiger partial charge in [-0.2, -0.15) is 0 Å². The lowest BCUT2D eigenvalue weighted by Crippen LogP contribution is -2.07. The molecule has 1 aliphatic rings. The first-order valence-electron chi connectivity index (χ1n) is 4.04. The number of rotatable bonds is 2. The third kappa shape index (κ3) is 2.62. The van der Waals surface area contributed by atoms with Crippen LogP contribution in [0.1, 0.15) is 13.8 Å². The summed E-state index contributed by atoms with van der Waals surface area (Å²) in [6.07, 6.45) is 3.10. The molecular formula is C9H15O2P. The standard InChI is InChI=1S/C9H15O2P/c1-8(2)6-12(10)7-9(3)4-5-11-12/h4H,1,5-7H2,2-3H3. The molecule has 0 aromatic rings. The van der Waals surface area contributed by atoms with Crippen molar-refractivity contribution in [2.45, 2.75) is 13.8 Å². The molecule has 0 aromatic carbocycles. The number of hydrogen-bond donors (Lipinski definition) is 0. The minimum Gasteiger partial charge on any atom is -0.324 e. The van der Waals surface area contributed by atoms with E-state index in [0.717, 1.165) is 5.57 Å². The van der Waals surface area contributed by atoms with Gasteiger partial charge in [0.2, 0.25) is 7.37 Å². The summed E-state index contributed by atoms with van der Waals surface area (Å²) in [7, 11) is -2.39. The van der Waals surface area contributed by atoms with Gasteiger partial charge in [-0.1, -0.05) is 23.8 Å². The van der Waals surface area contributed by atoms with Crippen molar-refractivity contribution in [1.82, 2.24) is 0 Å². The molecule has 1 atom stereocenters. The highest BCUT2D eigenvalue weighted by atomic mass is 31.2. The first-order chi connectivity index (χ1) is 5.52. The molecule has 2 nitrogen and oxygen atoms in total. The third-order valence-corrected chi connectivity index (χ3v) is 4.36. The molecule has 68 valence electrons. The normalized spacial score (nSPS) is 29.7. The maximum absolute atomic E-state index is 11.9. The van der Waals surface area contributed by atoms with E-state index in [9.17, 15) is 4.57 Å². The van der Waals surface area contributed by atoms with Gasteiger partial charge in [-0.15, -0.1) is 0 Å². The van der Waals surface area contributed by atoms with Crippen molar-refractivity contribution < 1.29 is 9.09 Å². The predicted molar refractivity (Wildman–Crippen MR) is 51.9 cm³/mol. The third-order valence-electron chi connectivity index (χ3n) is 1.74. The second kappa shape index (κ2) is 3.59. The summed E-state index contributed by atoms with van der Waals surface area (Å²) >= 11 is 0. The van der Waals surface area contributed by atoms with Crippen LogP contribution >= 0.6 is 7.37 Å². The Morgan fingerprint density at radius 2 is 2.50 bits per heavy atom. The fraction of sp³-hybridized carbons (Fsp3) is 0.556. The molecule has 3 heteroatoms. The second-order valence-corrected chi connectivity index (χ2v) is 5.95. The van der Waals surface area contributed by atoms with Gasteiger partial charge in [-0.25, -0.2) is 0 Å². The quantitative estimate of drug-likeness (QED) is 0.489. The van der Waals surface area contributed by atoms with E-state index in [1.807, 2.05) is 19.9 Å². The van der Waals surface area contributed by atoms with E-state index in [1.54, 1.807) is 0 Å². The lowest BCUT2D eigenvalue weighted by Gasteiger charge is -2.22. The van der Waals surface area contributed by atoms with Crippen molar-refractivity contribution in [3.63, 3.8) is 0 Å². The molecule has 0 spiro atoms. The summed E-state index contributed by atoms with van der Waals surface area (Å²) in [6.45, 7) is 8.12. The minimum absolute atomic E-state index is 0.496. The average Bonchev–Trinajstić information content (AvgIpc) is 1.82. The van der Waals surface area contributed by atoms with Crippen LogP contribution in [0.15, 0.2) is 23.8 Å². The molecule has 0 fully saturated rings. The van der Waals surface area contributed by atoms with E-state index in [0.29, 0.717) is 18.9 Å². The Balaban J connectivity index is 2.68. The van der Waals surface area contributed by atoms with Crippen LogP contribution in [-0.4, -0.2) is 18.9 Å². The molecule has 1 heterocycles. The van der Waals surface area contributed by atoms with Crippen LogP contribution in [0.5, 0.6) is 0 Å². The Kier molecular flexibility index (Phi) is 2.92. The lowest BCUT2D eigenvalue weighted by atomic mass is 10.3. The Bertz CT molecular complexity index is 266. The molecular weight excluding hydrogens is 171 g/mol. The van der Waals surface area contributed by atoms with E-state index in [1.165, 1.54) is 5.57 Å². The van der Waals surface area contributed by atoms with Crippen LogP contribution in [0.3, 0.4) is 0 Å². The van der Waals surface area contributed by atoms with Crippen LogP contribution in [0.25, 0.3) is 0 Å². The van der Waals surface area contributed by atoms with Crippen molar-refractivity contribution in [2.75, 3.05) is 18.9 Å². The molecule has 0 saturated carbocycles. The summed E-state index contributed by atoms with van der Waals surface area (Å²) in [5.41, 5.74) is 2.11. The first-order valence-corrected chi connectivity index (χ1v) is 6.04. The summed E-state index contributed by atoms with van der Waals surface area (Å²) in [4.78, 5) is 0. The minimum atomic E-state index is -2.39. The zero-order valence-electron chi connectivity index (χ0n) is 7.67. The first kappa shape index (κ1) is 9.76. The SMILES string of the molecule is C=C(C)CP1(=O)CC(C)=CCO1. The lowest BCUT2D eigenvalue weighted by molar-refractivity contribution is 0.348. The van der Waals surface area contributed by atoms with Crippen LogP contribution < -0.4 is 0 Å². The molecule has 1 unspecified atom stereocenters. The maximum atomic E-state index is 11.9. The molecule has 0 N–H and O–H groups in total. The zero-order valence-corrected chi connectivity index (χ0v) is 8.56. The molecule has 0 radical (unpaired) electrons. The van der Waals surface area contributed by atoms with Gasteiger partial charge in [-0.3, -0.25) is 4.57 Å². The highest BCUT2D eigenvalue weighted by molar-refractivity contribution is 7.59. The van der Waals surface area contributed by atoms with Gasteiger partial charge in [0, 0.05) is 12.3 Å². The molecule has 0 amide bonds. The Morgan fingerprint density at radius 1 is 1.83 bits per heavy atom. The summed E-state index contributed by atoms with van der Waals surface area (Å²) in [6, 6.07) is 0. The highest BCUT2D eigenvalue weighted by Gasteiger charge is 2.25. The monoisotopic (exact) mass is 186 g/mol. The van der Waals surface area contributed by atoms with Crippen LogP contribution in [-0.2, 0) is 9.09 Å². The average molecular weight is 186 g/mol. The topological polar surface area (TPSA) is 26.3 Å². The fourth-order valence-corrected chi connectivity index (χ4v) is 3.67. The van der Waals surface area contributed by atoms with Gasteiger partial charge in [0.25, 0.3) is 0 Å². The van der Waals surface area contributed by atoms with Crippen molar-refractivity contribution >= 4 is 7.37 Å². The largest absolute Gasteiger partial charge is 0.324 e. The second-order valence-electron chi connectivity index (χ2n) is 3.43. The van der Waals surface area contributed by atoms with E-state index in [4.69, 9.17) is 4.52 Å². The number of allylic oxidation sites excluding steroid dienone is 2. The van der Waals surface area contributed by atoms with E-state index in [2.05, 4.69) is 6.58 Å². The molecule has 0 bridgehead atoms. The summed E-state index contributed by atoms with van der Waals surface area (Å²) in [5.74, 6) is 0. The van der Waals surface area contributed by atoms with Crippen molar-refractivity contribution in [2.24, 2.45) is 0 Å². The molecule has 1 rings (SSSR count). The van der Waals surface area contributed by atoms with Crippen molar-refractivity contribution in [3.8, 4) is 0 Å². The molecule has 1 aliphatic heterocycles. The Morgan fingerprint density at radius 3 is 3.00 bits per heavy atom. The fourth-order valence-electron chi connectivity index (χ4n) is 1.32. The zero-order chi connectivity index (χ0) is 9.19. The van der Waals surface area contributed by atoms with Crippen LogP contribution in [0, 0.1) is 0 Å². The van der Waals surface area contributed by atoms with Crippen molar-refractivity contribution in [1.29, 1.82) is 0 Å². The summed E-state index contributed by atoms with van der Waals surface area (Å²) < 4.78 is 17.2. The van der Waals surface area contributed by atoms with Gasteiger partial charge in [-0.05, 0) is 13.8 Å². The molecule has 12 heavy (non-hydrogen) atoms. The smallest absolute Gasteiger partial charge is 0.211 e. The Labute approximate surface area is 73.8 Å². The summed E-state index contributed by atoms with van der Waals surface area (Å²) in [5, 5.41) is 0. The van der Waals surface area contributed by atoms with Crippen LogP contribution in [0.2, 0.25) is 0 Å². The van der Waals surface area contributed by atoms with Gasteiger partial charge >= 0.3 is 0 Å². The van der Waals surface area contributed by atoms with Gasteiger partial charge in [0.15, 0.2) is 0 Å². The maximum Gasteiger partial charge on any atom is 0.211 e. The van der Waals surface area contributed by atoms with Gasteiger partial charge < -0.3 is 4.52 Å². The van der Waals surface area contributed by atoms with E-state index in [-0.39, 0.29) is 0 Å².